The third kappa shape index (κ3) is 47.3. The smallest absolute Gasteiger partial charge is 0.303 e. The van der Waals surface area contributed by atoms with Crippen molar-refractivity contribution in [3.63, 3.8) is 0 Å². The Morgan fingerprint density at radius 2 is 0.648 bits per heavy atom. The number of aliphatic carboxylic acids is 1. The molecule has 0 rings (SSSR count). The van der Waals surface area contributed by atoms with E-state index in [1.807, 2.05) is 0 Å². The third-order valence-corrected chi connectivity index (χ3v) is 9.08. The predicted molar refractivity (Wildman–Crippen MR) is 217 cm³/mol. The first-order chi connectivity index (χ1) is 26.7. The summed E-state index contributed by atoms with van der Waals surface area (Å²) in [5, 5.41) is 9.06. The van der Waals surface area contributed by atoms with Crippen molar-refractivity contribution in [2.24, 2.45) is 0 Å². The summed E-state index contributed by atoms with van der Waals surface area (Å²) in [7, 11) is 0. The summed E-state index contributed by atoms with van der Waals surface area (Å²) in [6, 6.07) is 0. The zero-order valence-corrected chi connectivity index (χ0v) is 35.2. The number of carboxylic acid groups (broad SMARTS) is 1. The van der Waals surface area contributed by atoms with Gasteiger partial charge in [-0.3, -0.25) is 4.79 Å². The zero-order valence-electron chi connectivity index (χ0n) is 35.2. The molecular weight excluding hydrogens is 692 g/mol. The van der Waals surface area contributed by atoms with Gasteiger partial charge in [0, 0.05) is 19.6 Å². The van der Waals surface area contributed by atoms with Crippen LogP contribution in [-0.2, 0) is 47.4 Å². The molecule has 0 fully saturated rings. The monoisotopic (exact) mass is 779 g/mol. The Hall–Kier alpha value is -0.890. The first-order valence-electron chi connectivity index (χ1n) is 22.2. The van der Waals surface area contributed by atoms with Crippen LogP contribution >= 0.6 is 0 Å². The van der Waals surface area contributed by atoms with Crippen LogP contribution in [0, 0.1) is 0 Å². The third-order valence-electron chi connectivity index (χ3n) is 9.08. The molecule has 324 valence electrons. The van der Waals surface area contributed by atoms with Crippen LogP contribution in [0.25, 0.3) is 0 Å². The van der Waals surface area contributed by atoms with Crippen molar-refractivity contribution in [3.05, 3.63) is 0 Å². The van der Waals surface area contributed by atoms with Gasteiger partial charge >= 0.3 is 5.97 Å². The van der Waals surface area contributed by atoms with Gasteiger partial charge < -0.3 is 47.7 Å². The van der Waals surface area contributed by atoms with Crippen molar-refractivity contribution in [1.29, 1.82) is 0 Å². The van der Waals surface area contributed by atoms with Crippen LogP contribution in [-0.4, -0.2) is 129 Å². The van der Waals surface area contributed by atoms with Crippen molar-refractivity contribution < 1.29 is 52.5 Å². The summed E-state index contributed by atoms with van der Waals surface area (Å²) in [6.45, 7) is 13.7. The molecule has 0 aromatic carbocycles. The van der Waals surface area contributed by atoms with Gasteiger partial charge in [0.15, 0.2) is 0 Å². The fourth-order valence-electron chi connectivity index (χ4n) is 5.78. The molecule has 0 aliphatic heterocycles. The average molecular weight is 779 g/mol. The van der Waals surface area contributed by atoms with E-state index in [-0.39, 0.29) is 12.5 Å². The highest BCUT2D eigenvalue weighted by molar-refractivity contribution is 5.66. The summed E-state index contributed by atoms with van der Waals surface area (Å²) in [5.74, 6) is -0.811. The van der Waals surface area contributed by atoms with Crippen molar-refractivity contribution >= 4 is 5.97 Å². The molecular formula is C43H86O11. The van der Waals surface area contributed by atoms with E-state index in [4.69, 9.17) is 47.7 Å². The van der Waals surface area contributed by atoms with Crippen LogP contribution in [0.4, 0.5) is 0 Å². The molecule has 54 heavy (non-hydrogen) atoms. The van der Waals surface area contributed by atoms with Gasteiger partial charge in [-0.25, -0.2) is 0 Å². The van der Waals surface area contributed by atoms with Gasteiger partial charge in [-0.15, -0.1) is 0 Å². The lowest BCUT2D eigenvalue weighted by Crippen LogP contribution is -2.23. The van der Waals surface area contributed by atoms with Gasteiger partial charge in [0.2, 0.25) is 0 Å². The molecule has 0 saturated carbocycles. The van der Waals surface area contributed by atoms with Crippen LogP contribution in [0.15, 0.2) is 0 Å². The molecule has 0 aliphatic rings. The van der Waals surface area contributed by atoms with Crippen LogP contribution in [0.5, 0.6) is 0 Å². The molecule has 11 heteroatoms. The summed E-state index contributed by atoms with van der Waals surface area (Å²) in [4.78, 5) is 11.0. The number of carbonyl (C=O) groups is 1. The largest absolute Gasteiger partial charge is 0.481 e. The molecule has 0 heterocycles. The Kier molecular flexibility index (Phi) is 47.5. The lowest BCUT2D eigenvalue weighted by molar-refractivity contribution is -0.138. The fraction of sp³-hybridized carbons (Fsp3) is 0.977. The van der Waals surface area contributed by atoms with Crippen molar-refractivity contribution in [1.82, 2.24) is 0 Å². The highest BCUT2D eigenvalue weighted by Gasteiger charge is 2.12. The van der Waals surface area contributed by atoms with E-state index in [0.717, 1.165) is 25.9 Å². The maximum absolute atomic E-state index is 11.0. The second-order valence-electron chi connectivity index (χ2n) is 14.2. The Bertz CT molecular complexity index is 700. The fourth-order valence-corrected chi connectivity index (χ4v) is 5.78. The molecule has 1 N–H and O–H groups in total. The summed E-state index contributed by atoms with van der Waals surface area (Å²) < 4.78 is 50.6. The molecule has 0 aliphatic carbocycles. The van der Waals surface area contributed by atoms with Crippen LogP contribution in [0.3, 0.4) is 0 Å². The highest BCUT2D eigenvalue weighted by atomic mass is 16.6. The molecule has 0 saturated heterocycles. The van der Waals surface area contributed by atoms with Gasteiger partial charge in [-0.1, -0.05) is 129 Å². The number of hydrogen-bond donors (Lipinski definition) is 1. The number of hydrogen-bond acceptors (Lipinski definition) is 10. The van der Waals surface area contributed by atoms with Crippen molar-refractivity contribution in [3.8, 4) is 0 Å². The highest BCUT2D eigenvalue weighted by Crippen LogP contribution is 2.12. The maximum Gasteiger partial charge on any atom is 0.303 e. The summed E-state index contributed by atoms with van der Waals surface area (Å²) in [6.07, 6.45) is 26.5. The van der Waals surface area contributed by atoms with Gasteiger partial charge in [-0.05, 0) is 19.3 Å². The van der Waals surface area contributed by atoms with Gasteiger partial charge in [0.05, 0.1) is 105 Å². The van der Waals surface area contributed by atoms with Crippen molar-refractivity contribution in [2.45, 2.75) is 161 Å². The van der Waals surface area contributed by atoms with E-state index in [2.05, 4.69) is 13.8 Å². The second-order valence-corrected chi connectivity index (χ2v) is 14.2. The lowest BCUT2D eigenvalue weighted by Gasteiger charge is -2.17. The van der Waals surface area contributed by atoms with Crippen LogP contribution in [0.1, 0.15) is 155 Å². The van der Waals surface area contributed by atoms with E-state index in [1.54, 1.807) is 0 Å². The van der Waals surface area contributed by atoms with Crippen LogP contribution in [0.2, 0.25) is 0 Å². The first kappa shape index (κ1) is 53.1. The van der Waals surface area contributed by atoms with E-state index in [0.29, 0.717) is 112 Å². The molecule has 0 bridgehead atoms. The van der Waals surface area contributed by atoms with Crippen molar-refractivity contribution in [2.75, 3.05) is 112 Å². The zero-order chi connectivity index (χ0) is 39.1. The van der Waals surface area contributed by atoms with E-state index < -0.39 is 5.97 Å². The SMILES string of the molecule is CCCCCCCCCCCCOCCOCCOCCOCCOCCOCCOCCOCC(CCC(=O)O)OCCCCCCCCCCCC. The van der Waals surface area contributed by atoms with E-state index in [1.165, 1.54) is 109 Å². The van der Waals surface area contributed by atoms with Gasteiger partial charge in [0.25, 0.3) is 0 Å². The molecule has 0 spiro atoms. The van der Waals surface area contributed by atoms with E-state index >= 15 is 0 Å². The first-order valence-corrected chi connectivity index (χ1v) is 22.2. The topological polar surface area (TPSA) is 120 Å². The van der Waals surface area contributed by atoms with Gasteiger partial charge in [-0.2, -0.15) is 0 Å². The minimum absolute atomic E-state index is 0.0818. The maximum atomic E-state index is 11.0. The molecule has 0 aromatic rings. The lowest BCUT2D eigenvalue weighted by atomic mass is 10.1. The Labute approximate surface area is 331 Å². The normalized spacial score (nSPS) is 12.2. The Morgan fingerprint density at radius 3 is 0.981 bits per heavy atom. The quantitative estimate of drug-likeness (QED) is 0.0596. The number of carboxylic acids is 1. The average Bonchev–Trinajstić information content (AvgIpc) is 3.17. The Balaban J connectivity index is 3.35. The predicted octanol–water partition coefficient (Wildman–Crippen LogP) is 9.21. The molecule has 0 amide bonds. The molecule has 1 atom stereocenters. The minimum Gasteiger partial charge on any atom is -0.481 e. The molecule has 1 unspecified atom stereocenters. The summed E-state index contributed by atoms with van der Waals surface area (Å²) in [5.41, 5.74) is 0. The molecule has 0 radical (unpaired) electrons. The number of rotatable bonds is 49. The standard InChI is InChI=1S/C43H86O11/c1-3-5-7-9-11-13-15-17-19-21-25-46-27-28-47-29-30-48-31-32-49-33-34-50-35-36-51-37-38-52-39-40-53-41-42(23-24-43(44)45)54-26-22-20-18-16-14-12-10-8-6-4-2/h42H,3-41H2,1-2H3,(H,44,45). The number of ether oxygens (including phenoxy) is 9. The molecule has 0 aromatic heterocycles. The summed E-state index contributed by atoms with van der Waals surface area (Å²) >= 11 is 0. The number of unbranched alkanes of at least 4 members (excludes halogenated alkanes) is 18. The minimum atomic E-state index is -0.811. The van der Waals surface area contributed by atoms with Gasteiger partial charge in [0.1, 0.15) is 0 Å². The molecule has 11 nitrogen and oxygen atoms in total. The second kappa shape index (κ2) is 48.3. The van der Waals surface area contributed by atoms with Crippen LogP contribution < -0.4 is 0 Å². The van der Waals surface area contributed by atoms with E-state index in [9.17, 15) is 4.79 Å². The Morgan fingerprint density at radius 1 is 0.370 bits per heavy atom.